The second kappa shape index (κ2) is 8.10. The zero-order valence-electron chi connectivity index (χ0n) is 16.3. The van der Waals surface area contributed by atoms with Crippen molar-refractivity contribution in [2.24, 2.45) is 0 Å². The summed E-state index contributed by atoms with van der Waals surface area (Å²) in [5.41, 5.74) is 2.48. The third kappa shape index (κ3) is 3.52. The van der Waals surface area contributed by atoms with E-state index in [4.69, 9.17) is 14.2 Å². The van der Waals surface area contributed by atoms with Gasteiger partial charge in [-0.25, -0.2) is 0 Å². The molecule has 2 aliphatic rings. The number of rotatable bonds is 6. The second-order valence-corrected chi connectivity index (χ2v) is 7.03. The molecule has 2 heterocycles. The van der Waals surface area contributed by atoms with Crippen LogP contribution in [-0.2, 0) is 4.74 Å². The van der Waals surface area contributed by atoms with Gasteiger partial charge in [0, 0.05) is 18.8 Å². The van der Waals surface area contributed by atoms with E-state index in [-0.39, 0.29) is 18.2 Å². The first-order chi connectivity index (χ1) is 13.7. The third-order valence-electron chi connectivity index (χ3n) is 5.25. The Kier molecular flexibility index (Phi) is 5.39. The van der Waals surface area contributed by atoms with Crippen LogP contribution in [0.2, 0.25) is 0 Å². The monoisotopic (exact) mass is 382 g/mol. The van der Waals surface area contributed by atoms with Gasteiger partial charge in [-0.3, -0.25) is 4.79 Å². The number of methoxy groups -OCH3 is 1. The van der Waals surface area contributed by atoms with Crippen LogP contribution < -0.4 is 14.8 Å². The van der Waals surface area contributed by atoms with Crippen molar-refractivity contribution in [1.82, 2.24) is 4.90 Å². The summed E-state index contributed by atoms with van der Waals surface area (Å²) in [6.45, 7) is 3.82. The van der Waals surface area contributed by atoms with Crippen molar-refractivity contribution in [3.63, 3.8) is 0 Å². The van der Waals surface area contributed by atoms with E-state index >= 15 is 0 Å². The second-order valence-electron chi connectivity index (χ2n) is 7.03. The van der Waals surface area contributed by atoms with Crippen LogP contribution in [0.15, 0.2) is 42.5 Å². The first kappa shape index (κ1) is 18.6. The molecule has 4 rings (SSSR count). The average Bonchev–Trinajstić information content (AvgIpc) is 3.24. The quantitative estimate of drug-likeness (QED) is 0.823. The van der Waals surface area contributed by atoms with Crippen LogP contribution >= 0.6 is 0 Å². The highest BCUT2D eigenvalue weighted by Gasteiger charge is 2.35. The predicted molar refractivity (Wildman–Crippen MR) is 107 cm³/mol. The first-order valence-electron chi connectivity index (χ1n) is 9.80. The van der Waals surface area contributed by atoms with Crippen LogP contribution in [0, 0.1) is 0 Å². The summed E-state index contributed by atoms with van der Waals surface area (Å²) in [7, 11) is 1.63. The minimum atomic E-state index is -0.295. The number of amides is 1. The summed E-state index contributed by atoms with van der Waals surface area (Å²) in [4.78, 5) is 15.2. The smallest absolute Gasteiger partial charge is 0.257 e. The van der Waals surface area contributed by atoms with E-state index in [1.54, 1.807) is 7.11 Å². The fourth-order valence-electron chi connectivity index (χ4n) is 3.88. The molecular formula is C22H26N2O4. The van der Waals surface area contributed by atoms with Crippen LogP contribution in [-0.4, -0.2) is 43.8 Å². The SMILES string of the molecule is CCOc1ccc([C@H]2Nc3ccccc3C(=O)N2C[C@@H]2CCCO2)cc1OC. The van der Waals surface area contributed by atoms with Gasteiger partial charge in [0.1, 0.15) is 6.17 Å². The number of benzene rings is 2. The van der Waals surface area contributed by atoms with Crippen molar-refractivity contribution < 1.29 is 19.0 Å². The van der Waals surface area contributed by atoms with E-state index in [0.29, 0.717) is 30.2 Å². The number of nitrogens with one attached hydrogen (secondary N) is 1. The lowest BCUT2D eigenvalue weighted by Crippen LogP contribution is -2.46. The molecule has 2 atom stereocenters. The van der Waals surface area contributed by atoms with Gasteiger partial charge < -0.3 is 24.4 Å². The fraction of sp³-hybridized carbons (Fsp3) is 0.409. The maximum Gasteiger partial charge on any atom is 0.257 e. The Hall–Kier alpha value is -2.73. The molecule has 0 saturated carbocycles. The molecule has 0 radical (unpaired) electrons. The summed E-state index contributed by atoms with van der Waals surface area (Å²) in [6.07, 6.45) is 1.79. The molecule has 0 unspecified atom stereocenters. The molecule has 28 heavy (non-hydrogen) atoms. The number of nitrogens with zero attached hydrogens (tertiary/aromatic N) is 1. The molecule has 2 aromatic carbocycles. The molecule has 0 aromatic heterocycles. The van der Waals surface area contributed by atoms with Crippen LogP contribution in [0.5, 0.6) is 11.5 Å². The number of hydrogen-bond acceptors (Lipinski definition) is 5. The molecule has 1 fully saturated rings. The van der Waals surface area contributed by atoms with Gasteiger partial charge in [-0.2, -0.15) is 0 Å². The van der Waals surface area contributed by atoms with E-state index in [1.165, 1.54) is 0 Å². The number of carbonyl (C=O) groups is 1. The highest BCUT2D eigenvalue weighted by Crippen LogP contribution is 2.37. The Labute approximate surface area is 165 Å². The molecule has 6 nitrogen and oxygen atoms in total. The minimum Gasteiger partial charge on any atom is -0.493 e. The van der Waals surface area contributed by atoms with Crippen molar-refractivity contribution in [3.05, 3.63) is 53.6 Å². The predicted octanol–water partition coefficient (Wildman–Crippen LogP) is 3.84. The van der Waals surface area contributed by atoms with E-state index in [9.17, 15) is 4.79 Å². The topological polar surface area (TPSA) is 60.0 Å². The molecule has 2 aliphatic heterocycles. The lowest BCUT2D eigenvalue weighted by atomic mass is 10.0. The Morgan fingerprint density at radius 1 is 1.21 bits per heavy atom. The molecule has 6 heteroatoms. The zero-order chi connectivity index (χ0) is 19.5. The lowest BCUT2D eigenvalue weighted by Gasteiger charge is -2.39. The van der Waals surface area contributed by atoms with Gasteiger partial charge in [-0.1, -0.05) is 18.2 Å². The Balaban J connectivity index is 1.70. The van der Waals surface area contributed by atoms with E-state index in [2.05, 4.69) is 5.32 Å². The lowest BCUT2D eigenvalue weighted by molar-refractivity contribution is 0.0426. The maximum absolute atomic E-state index is 13.3. The number of carbonyl (C=O) groups excluding carboxylic acids is 1. The van der Waals surface area contributed by atoms with Crippen molar-refractivity contribution >= 4 is 11.6 Å². The van der Waals surface area contributed by atoms with Crippen molar-refractivity contribution in [1.29, 1.82) is 0 Å². The minimum absolute atomic E-state index is 0.0164. The van der Waals surface area contributed by atoms with Crippen LogP contribution in [0.1, 0.15) is 41.9 Å². The van der Waals surface area contributed by atoms with Gasteiger partial charge in [-0.15, -0.1) is 0 Å². The molecule has 0 aliphatic carbocycles. The highest BCUT2D eigenvalue weighted by molar-refractivity contribution is 6.01. The van der Waals surface area contributed by atoms with Crippen LogP contribution in [0.4, 0.5) is 5.69 Å². The third-order valence-corrected chi connectivity index (χ3v) is 5.25. The Morgan fingerprint density at radius 2 is 2.07 bits per heavy atom. The highest BCUT2D eigenvalue weighted by atomic mass is 16.5. The zero-order valence-corrected chi connectivity index (χ0v) is 16.3. The van der Waals surface area contributed by atoms with Crippen molar-refractivity contribution in [3.8, 4) is 11.5 Å². The van der Waals surface area contributed by atoms with Gasteiger partial charge in [-0.05, 0) is 49.6 Å². The Bertz CT molecular complexity index is 848. The van der Waals surface area contributed by atoms with Gasteiger partial charge in [0.05, 0.1) is 25.4 Å². The summed E-state index contributed by atoms with van der Waals surface area (Å²) in [6, 6.07) is 13.4. The molecule has 1 amide bonds. The fourth-order valence-corrected chi connectivity index (χ4v) is 3.88. The van der Waals surface area contributed by atoms with Crippen LogP contribution in [0.3, 0.4) is 0 Å². The number of anilines is 1. The van der Waals surface area contributed by atoms with Gasteiger partial charge in [0.2, 0.25) is 0 Å². The molecule has 2 aromatic rings. The summed E-state index contributed by atoms with van der Waals surface area (Å²) in [5.74, 6) is 1.37. The number of para-hydroxylation sites is 1. The summed E-state index contributed by atoms with van der Waals surface area (Å²) >= 11 is 0. The molecule has 148 valence electrons. The Morgan fingerprint density at radius 3 is 2.82 bits per heavy atom. The molecule has 0 spiro atoms. The van der Waals surface area contributed by atoms with E-state index in [1.807, 2.05) is 54.3 Å². The normalized spacial score (nSPS) is 21.2. The molecule has 0 bridgehead atoms. The molecular weight excluding hydrogens is 356 g/mol. The van der Waals surface area contributed by atoms with Crippen molar-refractivity contribution in [2.45, 2.75) is 32.0 Å². The molecule has 1 saturated heterocycles. The number of fused-ring (bicyclic) bond motifs is 1. The molecule has 1 N–H and O–H groups in total. The number of hydrogen-bond donors (Lipinski definition) is 1. The van der Waals surface area contributed by atoms with Crippen LogP contribution in [0.25, 0.3) is 0 Å². The standard InChI is InChI=1S/C22H26N2O4/c1-3-27-19-11-10-15(13-20(19)26-2)21-23-18-9-5-4-8-17(18)22(25)24(21)14-16-7-6-12-28-16/h4-5,8-11,13,16,21,23H,3,6-7,12,14H2,1-2H3/t16-,21-/m0/s1. The van der Waals surface area contributed by atoms with E-state index in [0.717, 1.165) is 30.7 Å². The summed E-state index contributed by atoms with van der Waals surface area (Å²) in [5, 5.41) is 3.52. The average molecular weight is 382 g/mol. The largest absolute Gasteiger partial charge is 0.493 e. The van der Waals surface area contributed by atoms with Gasteiger partial charge >= 0.3 is 0 Å². The maximum atomic E-state index is 13.3. The van der Waals surface area contributed by atoms with Crippen molar-refractivity contribution in [2.75, 3.05) is 32.2 Å². The number of ether oxygens (including phenoxy) is 3. The van der Waals surface area contributed by atoms with E-state index < -0.39 is 0 Å². The van der Waals surface area contributed by atoms with Gasteiger partial charge in [0.15, 0.2) is 11.5 Å². The van der Waals surface area contributed by atoms with Gasteiger partial charge in [0.25, 0.3) is 5.91 Å². The summed E-state index contributed by atoms with van der Waals surface area (Å²) < 4.78 is 17.0. The first-order valence-corrected chi connectivity index (χ1v) is 9.80.